The Labute approximate surface area is 100 Å². The Balaban J connectivity index is 2.42. The van der Waals surface area contributed by atoms with Gasteiger partial charge in [-0.3, -0.25) is 0 Å². The standard InChI is InChI=1S/C13H16FN3/c1-3-15-12(13-16-6-7-17-13)10-8-9(2)4-5-11(10)14/h4-8,12,15H,3H2,1-2H3,(H,16,17). The molecule has 1 unspecified atom stereocenters. The molecule has 0 fully saturated rings. The first-order valence-corrected chi connectivity index (χ1v) is 5.71. The summed E-state index contributed by atoms with van der Waals surface area (Å²) in [4.78, 5) is 7.22. The van der Waals surface area contributed by atoms with Crippen molar-refractivity contribution in [2.75, 3.05) is 6.54 Å². The van der Waals surface area contributed by atoms with Gasteiger partial charge in [-0.1, -0.05) is 24.6 Å². The smallest absolute Gasteiger partial charge is 0.128 e. The van der Waals surface area contributed by atoms with Gasteiger partial charge in [0.1, 0.15) is 11.6 Å². The van der Waals surface area contributed by atoms with E-state index < -0.39 is 0 Å². The van der Waals surface area contributed by atoms with Crippen LogP contribution < -0.4 is 5.32 Å². The number of imidazole rings is 1. The van der Waals surface area contributed by atoms with Gasteiger partial charge in [-0.2, -0.15) is 0 Å². The van der Waals surface area contributed by atoms with Crippen LogP contribution in [-0.4, -0.2) is 16.5 Å². The van der Waals surface area contributed by atoms with E-state index in [-0.39, 0.29) is 11.9 Å². The van der Waals surface area contributed by atoms with E-state index in [4.69, 9.17) is 0 Å². The number of rotatable bonds is 4. The molecule has 1 atom stereocenters. The van der Waals surface area contributed by atoms with Crippen LogP contribution >= 0.6 is 0 Å². The molecule has 0 saturated heterocycles. The average molecular weight is 233 g/mol. The summed E-state index contributed by atoms with van der Waals surface area (Å²) in [5, 5.41) is 3.24. The van der Waals surface area contributed by atoms with Crippen LogP contribution in [0.15, 0.2) is 30.6 Å². The fourth-order valence-corrected chi connectivity index (χ4v) is 1.88. The van der Waals surface area contributed by atoms with Crippen molar-refractivity contribution in [3.63, 3.8) is 0 Å². The van der Waals surface area contributed by atoms with Gasteiger partial charge in [-0.05, 0) is 19.5 Å². The molecule has 0 spiro atoms. The van der Waals surface area contributed by atoms with Crippen LogP contribution in [0, 0.1) is 12.7 Å². The normalized spacial score (nSPS) is 12.6. The summed E-state index contributed by atoms with van der Waals surface area (Å²) in [5.41, 5.74) is 1.66. The Morgan fingerprint density at radius 1 is 1.47 bits per heavy atom. The van der Waals surface area contributed by atoms with Gasteiger partial charge in [0.05, 0.1) is 6.04 Å². The number of halogens is 1. The van der Waals surface area contributed by atoms with Gasteiger partial charge in [0, 0.05) is 18.0 Å². The maximum atomic E-state index is 13.9. The van der Waals surface area contributed by atoms with Crippen molar-refractivity contribution in [2.24, 2.45) is 0 Å². The zero-order valence-electron chi connectivity index (χ0n) is 10.00. The molecule has 17 heavy (non-hydrogen) atoms. The Hall–Kier alpha value is -1.68. The lowest BCUT2D eigenvalue weighted by Gasteiger charge is -2.17. The van der Waals surface area contributed by atoms with Gasteiger partial charge < -0.3 is 10.3 Å². The molecule has 0 aliphatic heterocycles. The number of aromatic nitrogens is 2. The predicted molar refractivity (Wildman–Crippen MR) is 65.2 cm³/mol. The molecule has 2 aromatic rings. The predicted octanol–water partition coefficient (Wildman–Crippen LogP) is 2.56. The second-order valence-electron chi connectivity index (χ2n) is 3.99. The first-order valence-electron chi connectivity index (χ1n) is 5.71. The van der Waals surface area contributed by atoms with Gasteiger partial charge in [-0.15, -0.1) is 0 Å². The molecule has 0 aliphatic carbocycles. The van der Waals surface area contributed by atoms with Crippen LogP contribution in [0.4, 0.5) is 4.39 Å². The second-order valence-corrected chi connectivity index (χ2v) is 3.99. The third-order valence-electron chi connectivity index (χ3n) is 2.66. The van der Waals surface area contributed by atoms with Gasteiger partial charge in [0.25, 0.3) is 0 Å². The molecule has 3 nitrogen and oxygen atoms in total. The monoisotopic (exact) mass is 233 g/mol. The Bertz CT molecular complexity index is 479. The van der Waals surface area contributed by atoms with Crippen molar-refractivity contribution in [3.8, 4) is 0 Å². The summed E-state index contributed by atoms with van der Waals surface area (Å²) < 4.78 is 13.9. The number of nitrogens with zero attached hydrogens (tertiary/aromatic N) is 1. The number of benzene rings is 1. The molecule has 90 valence electrons. The van der Waals surface area contributed by atoms with Crippen molar-refractivity contribution in [1.82, 2.24) is 15.3 Å². The first-order chi connectivity index (χ1) is 8.22. The summed E-state index contributed by atoms with van der Waals surface area (Å²) in [7, 11) is 0. The van der Waals surface area contributed by atoms with Gasteiger partial charge in [0.15, 0.2) is 0 Å². The summed E-state index contributed by atoms with van der Waals surface area (Å²) in [5.74, 6) is 0.523. The van der Waals surface area contributed by atoms with Crippen LogP contribution in [0.3, 0.4) is 0 Å². The van der Waals surface area contributed by atoms with Crippen molar-refractivity contribution in [1.29, 1.82) is 0 Å². The molecule has 1 heterocycles. The number of nitrogens with one attached hydrogen (secondary N) is 2. The fraction of sp³-hybridized carbons (Fsp3) is 0.308. The molecular weight excluding hydrogens is 217 g/mol. The number of H-pyrrole nitrogens is 1. The number of hydrogen-bond acceptors (Lipinski definition) is 2. The van der Waals surface area contributed by atoms with E-state index in [0.29, 0.717) is 5.56 Å². The van der Waals surface area contributed by atoms with E-state index in [2.05, 4.69) is 15.3 Å². The maximum Gasteiger partial charge on any atom is 0.128 e. The Morgan fingerprint density at radius 2 is 2.29 bits per heavy atom. The van der Waals surface area contributed by atoms with Crippen molar-refractivity contribution >= 4 is 0 Å². The van der Waals surface area contributed by atoms with Crippen LogP contribution in [0.25, 0.3) is 0 Å². The van der Waals surface area contributed by atoms with Crippen molar-refractivity contribution in [3.05, 3.63) is 53.4 Å². The highest BCUT2D eigenvalue weighted by Gasteiger charge is 2.18. The van der Waals surface area contributed by atoms with E-state index >= 15 is 0 Å². The second kappa shape index (κ2) is 5.10. The lowest BCUT2D eigenvalue weighted by Crippen LogP contribution is -2.24. The Morgan fingerprint density at radius 3 is 2.94 bits per heavy atom. The van der Waals surface area contributed by atoms with E-state index in [9.17, 15) is 4.39 Å². The average Bonchev–Trinajstić information content (AvgIpc) is 2.83. The molecule has 2 rings (SSSR count). The van der Waals surface area contributed by atoms with Crippen LogP contribution in [0.2, 0.25) is 0 Å². The highest BCUT2D eigenvalue weighted by atomic mass is 19.1. The zero-order valence-corrected chi connectivity index (χ0v) is 10.00. The molecule has 0 radical (unpaired) electrons. The van der Waals surface area contributed by atoms with Crippen molar-refractivity contribution in [2.45, 2.75) is 19.9 Å². The van der Waals surface area contributed by atoms with Crippen LogP contribution in [-0.2, 0) is 0 Å². The summed E-state index contributed by atoms with van der Waals surface area (Å²) in [6, 6.07) is 4.89. The number of aromatic amines is 1. The minimum atomic E-state index is -0.227. The van der Waals surface area contributed by atoms with E-state index in [1.165, 1.54) is 6.07 Å². The number of aryl methyl sites for hydroxylation is 1. The van der Waals surface area contributed by atoms with E-state index in [0.717, 1.165) is 17.9 Å². The molecule has 0 amide bonds. The SMILES string of the molecule is CCNC(c1ncc[nH]1)c1cc(C)ccc1F. The van der Waals surface area contributed by atoms with Crippen LogP contribution in [0.1, 0.15) is 29.9 Å². The molecule has 0 bridgehead atoms. The molecule has 1 aromatic carbocycles. The minimum absolute atomic E-state index is 0.210. The van der Waals surface area contributed by atoms with Crippen molar-refractivity contribution < 1.29 is 4.39 Å². The molecular formula is C13H16FN3. The summed E-state index contributed by atoms with van der Waals surface area (Å²) >= 11 is 0. The molecule has 1 aromatic heterocycles. The Kier molecular flexibility index (Phi) is 3.54. The lowest BCUT2D eigenvalue weighted by atomic mass is 10.0. The molecule has 2 N–H and O–H groups in total. The van der Waals surface area contributed by atoms with E-state index in [1.54, 1.807) is 18.5 Å². The first kappa shape index (κ1) is 11.8. The fourth-order valence-electron chi connectivity index (χ4n) is 1.88. The van der Waals surface area contributed by atoms with E-state index in [1.807, 2.05) is 19.9 Å². The highest BCUT2D eigenvalue weighted by molar-refractivity contribution is 5.30. The third kappa shape index (κ3) is 2.53. The lowest BCUT2D eigenvalue weighted by molar-refractivity contribution is 0.545. The molecule has 4 heteroatoms. The largest absolute Gasteiger partial charge is 0.347 e. The van der Waals surface area contributed by atoms with Gasteiger partial charge >= 0.3 is 0 Å². The minimum Gasteiger partial charge on any atom is -0.347 e. The molecule has 0 saturated carbocycles. The number of hydrogen-bond donors (Lipinski definition) is 2. The third-order valence-corrected chi connectivity index (χ3v) is 2.66. The maximum absolute atomic E-state index is 13.9. The quantitative estimate of drug-likeness (QED) is 0.852. The molecule has 0 aliphatic rings. The topological polar surface area (TPSA) is 40.7 Å². The van der Waals surface area contributed by atoms with Gasteiger partial charge in [-0.25, -0.2) is 9.37 Å². The van der Waals surface area contributed by atoms with Crippen LogP contribution in [0.5, 0.6) is 0 Å². The summed E-state index contributed by atoms with van der Waals surface area (Å²) in [6.07, 6.45) is 3.42. The summed E-state index contributed by atoms with van der Waals surface area (Å²) in [6.45, 7) is 4.69. The van der Waals surface area contributed by atoms with Gasteiger partial charge in [0.2, 0.25) is 0 Å². The highest BCUT2D eigenvalue weighted by Crippen LogP contribution is 2.22. The zero-order chi connectivity index (χ0) is 12.3.